The molecule has 1 aromatic heterocycles. The van der Waals surface area contributed by atoms with Gasteiger partial charge in [0, 0.05) is 30.6 Å². The van der Waals surface area contributed by atoms with Gasteiger partial charge in [-0.1, -0.05) is 57.2 Å². The minimum atomic E-state index is -0.382. The van der Waals surface area contributed by atoms with Crippen molar-refractivity contribution in [3.63, 3.8) is 0 Å². The van der Waals surface area contributed by atoms with Gasteiger partial charge in [0.05, 0.1) is 11.7 Å². The smallest absolute Gasteiger partial charge is 0.227 e. The summed E-state index contributed by atoms with van der Waals surface area (Å²) in [6.45, 7) is 7.07. The summed E-state index contributed by atoms with van der Waals surface area (Å²) in [6, 6.07) is 15.4. The Bertz CT molecular complexity index is 752. The van der Waals surface area contributed by atoms with Gasteiger partial charge in [-0.15, -0.1) is 0 Å². The number of aromatic nitrogens is 1. The lowest BCUT2D eigenvalue weighted by Crippen LogP contribution is -2.47. The monoisotopic (exact) mass is 379 g/mol. The molecule has 0 aliphatic carbocycles. The van der Waals surface area contributed by atoms with Crippen molar-refractivity contribution in [3.8, 4) is 0 Å². The molecular formula is C23H29N3O2. The number of carbonyl (C=O) groups is 2. The fraction of sp³-hybridized carbons (Fsp3) is 0.435. The maximum absolute atomic E-state index is 13.0. The maximum Gasteiger partial charge on any atom is 0.227 e. The summed E-state index contributed by atoms with van der Waals surface area (Å²) >= 11 is 0. The summed E-state index contributed by atoms with van der Waals surface area (Å²) in [7, 11) is 0. The Kier molecular flexibility index (Phi) is 6.12. The van der Waals surface area contributed by atoms with Gasteiger partial charge in [-0.05, 0) is 30.5 Å². The van der Waals surface area contributed by atoms with Crippen LogP contribution in [0.25, 0.3) is 0 Å². The fourth-order valence-corrected chi connectivity index (χ4v) is 3.60. The molecule has 2 amide bonds. The van der Waals surface area contributed by atoms with E-state index in [9.17, 15) is 9.59 Å². The molecule has 0 radical (unpaired) electrons. The van der Waals surface area contributed by atoms with Gasteiger partial charge < -0.3 is 10.2 Å². The van der Waals surface area contributed by atoms with Crippen LogP contribution in [-0.4, -0.2) is 34.8 Å². The van der Waals surface area contributed by atoms with Crippen molar-refractivity contribution in [1.29, 1.82) is 0 Å². The van der Waals surface area contributed by atoms with E-state index in [4.69, 9.17) is 0 Å². The van der Waals surface area contributed by atoms with Gasteiger partial charge in [-0.3, -0.25) is 14.6 Å². The molecule has 28 heavy (non-hydrogen) atoms. The average Bonchev–Trinajstić information content (AvgIpc) is 2.72. The van der Waals surface area contributed by atoms with Crippen LogP contribution in [0.2, 0.25) is 0 Å². The third kappa shape index (κ3) is 4.77. The van der Waals surface area contributed by atoms with Gasteiger partial charge in [-0.25, -0.2) is 0 Å². The number of amides is 2. The van der Waals surface area contributed by atoms with Crippen LogP contribution in [0.5, 0.6) is 0 Å². The van der Waals surface area contributed by atoms with E-state index in [1.165, 1.54) is 0 Å². The molecule has 148 valence electrons. The van der Waals surface area contributed by atoms with Crippen LogP contribution >= 0.6 is 0 Å². The van der Waals surface area contributed by atoms with Gasteiger partial charge in [0.25, 0.3) is 0 Å². The fourth-order valence-electron chi connectivity index (χ4n) is 3.60. The maximum atomic E-state index is 13.0. The van der Waals surface area contributed by atoms with E-state index < -0.39 is 0 Å². The third-order valence-electron chi connectivity index (χ3n) is 5.20. The molecule has 5 heteroatoms. The lowest BCUT2D eigenvalue weighted by Gasteiger charge is -2.35. The average molecular weight is 380 g/mol. The van der Waals surface area contributed by atoms with Gasteiger partial charge in [0.1, 0.15) is 0 Å². The van der Waals surface area contributed by atoms with E-state index in [1.807, 2.05) is 74.2 Å². The number of piperidine rings is 1. The normalized spacial score (nSPS) is 16.5. The lowest BCUT2D eigenvalue weighted by molar-refractivity contribution is -0.142. The van der Waals surface area contributed by atoms with Crippen molar-refractivity contribution in [2.24, 2.45) is 11.3 Å². The van der Waals surface area contributed by atoms with Crippen molar-refractivity contribution >= 4 is 11.8 Å². The topological polar surface area (TPSA) is 62.3 Å². The SMILES string of the molecule is CC(C)(C)C(=O)N1CCC(C(=O)NC(c2ccccc2)c2ccccn2)CC1. The predicted molar refractivity (Wildman–Crippen MR) is 109 cm³/mol. The highest BCUT2D eigenvalue weighted by atomic mass is 16.2. The largest absolute Gasteiger partial charge is 0.343 e. The molecule has 1 N–H and O–H groups in total. The number of hydrogen-bond acceptors (Lipinski definition) is 3. The summed E-state index contributed by atoms with van der Waals surface area (Å²) in [6.07, 6.45) is 3.13. The molecule has 5 nitrogen and oxygen atoms in total. The third-order valence-corrected chi connectivity index (χ3v) is 5.20. The quantitative estimate of drug-likeness (QED) is 0.883. The second-order valence-electron chi connectivity index (χ2n) is 8.42. The van der Waals surface area contributed by atoms with Crippen LogP contribution in [0.1, 0.15) is 50.9 Å². The molecule has 1 fully saturated rings. The first-order valence-electron chi connectivity index (χ1n) is 9.92. The number of carbonyl (C=O) groups excluding carboxylic acids is 2. The van der Waals surface area contributed by atoms with Gasteiger partial charge in [-0.2, -0.15) is 0 Å². The Balaban J connectivity index is 1.68. The Morgan fingerprint density at radius 1 is 1.04 bits per heavy atom. The molecule has 0 spiro atoms. The van der Waals surface area contributed by atoms with E-state index in [0.29, 0.717) is 25.9 Å². The zero-order valence-electron chi connectivity index (χ0n) is 16.9. The number of likely N-dealkylation sites (tertiary alicyclic amines) is 1. The molecule has 2 aromatic rings. The lowest BCUT2D eigenvalue weighted by atomic mass is 9.90. The van der Waals surface area contributed by atoms with Crippen molar-refractivity contribution in [2.75, 3.05) is 13.1 Å². The highest BCUT2D eigenvalue weighted by Crippen LogP contribution is 2.26. The number of nitrogens with one attached hydrogen (secondary N) is 1. The number of hydrogen-bond donors (Lipinski definition) is 1. The predicted octanol–water partition coefficient (Wildman–Crippen LogP) is 3.57. The highest BCUT2D eigenvalue weighted by molar-refractivity contribution is 5.83. The molecule has 2 heterocycles. The van der Waals surface area contributed by atoms with Gasteiger partial charge in [0.2, 0.25) is 11.8 Å². The second kappa shape index (κ2) is 8.55. The van der Waals surface area contributed by atoms with Crippen LogP contribution in [0.15, 0.2) is 54.7 Å². The number of benzene rings is 1. The number of rotatable bonds is 4. The summed E-state index contributed by atoms with van der Waals surface area (Å²) in [5.74, 6) is 0.100. The molecule has 3 rings (SSSR count). The standard InChI is InChI=1S/C23H29N3O2/c1-23(2,3)22(28)26-15-12-18(13-16-26)21(27)25-20(17-9-5-4-6-10-17)19-11-7-8-14-24-19/h4-11,14,18,20H,12-13,15-16H2,1-3H3,(H,25,27). The minimum absolute atomic E-state index is 0.0300. The first-order chi connectivity index (χ1) is 13.4. The van der Waals surface area contributed by atoms with E-state index >= 15 is 0 Å². The first-order valence-corrected chi connectivity index (χ1v) is 9.92. The zero-order valence-corrected chi connectivity index (χ0v) is 16.9. The molecule has 1 unspecified atom stereocenters. The Morgan fingerprint density at radius 2 is 1.68 bits per heavy atom. The number of nitrogens with zero attached hydrogens (tertiary/aromatic N) is 2. The Labute approximate surface area is 167 Å². The van der Waals surface area contributed by atoms with Crippen molar-refractivity contribution < 1.29 is 9.59 Å². The Morgan fingerprint density at radius 3 is 2.25 bits per heavy atom. The molecule has 1 atom stereocenters. The molecule has 1 saturated heterocycles. The van der Waals surface area contributed by atoms with Crippen LogP contribution in [0.4, 0.5) is 0 Å². The Hall–Kier alpha value is -2.69. The van der Waals surface area contributed by atoms with Gasteiger partial charge >= 0.3 is 0 Å². The van der Waals surface area contributed by atoms with Crippen LogP contribution in [0, 0.1) is 11.3 Å². The molecule has 1 aromatic carbocycles. The highest BCUT2D eigenvalue weighted by Gasteiger charge is 2.33. The minimum Gasteiger partial charge on any atom is -0.343 e. The first kappa shape index (κ1) is 20.1. The van der Waals surface area contributed by atoms with Crippen LogP contribution in [0.3, 0.4) is 0 Å². The molecule has 1 aliphatic rings. The second-order valence-corrected chi connectivity index (χ2v) is 8.42. The molecular weight excluding hydrogens is 350 g/mol. The zero-order chi connectivity index (χ0) is 20.1. The number of pyridine rings is 1. The van der Waals surface area contributed by atoms with Crippen molar-refractivity contribution in [2.45, 2.75) is 39.7 Å². The van der Waals surface area contributed by atoms with Crippen molar-refractivity contribution in [3.05, 3.63) is 66.0 Å². The molecule has 0 bridgehead atoms. The van der Waals surface area contributed by atoms with E-state index in [1.54, 1.807) is 6.20 Å². The molecule has 1 aliphatic heterocycles. The van der Waals surface area contributed by atoms with Crippen LogP contribution in [-0.2, 0) is 9.59 Å². The van der Waals surface area contributed by atoms with E-state index in [2.05, 4.69) is 10.3 Å². The van der Waals surface area contributed by atoms with E-state index in [0.717, 1.165) is 11.3 Å². The summed E-state index contributed by atoms with van der Waals surface area (Å²) < 4.78 is 0. The van der Waals surface area contributed by atoms with E-state index in [-0.39, 0.29) is 29.2 Å². The summed E-state index contributed by atoms with van der Waals surface area (Å²) in [5.41, 5.74) is 1.45. The summed E-state index contributed by atoms with van der Waals surface area (Å²) in [5, 5.41) is 3.19. The molecule has 0 saturated carbocycles. The summed E-state index contributed by atoms with van der Waals surface area (Å²) in [4.78, 5) is 31.8. The van der Waals surface area contributed by atoms with Crippen molar-refractivity contribution in [1.82, 2.24) is 15.2 Å². The van der Waals surface area contributed by atoms with Gasteiger partial charge in [0.15, 0.2) is 0 Å². The van der Waals surface area contributed by atoms with Crippen LogP contribution < -0.4 is 5.32 Å².